The van der Waals surface area contributed by atoms with E-state index in [1.54, 1.807) is 17.3 Å². The Labute approximate surface area is 149 Å². The maximum absolute atomic E-state index is 12.5. The summed E-state index contributed by atoms with van der Waals surface area (Å²) in [7, 11) is 0. The van der Waals surface area contributed by atoms with Crippen molar-refractivity contribution < 1.29 is 9.32 Å². The van der Waals surface area contributed by atoms with Gasteiger partial charge in [0, 0.05) is 41.6 Å². The first-order valence-corrected chi connectivity index (χ1v) is 8.31. The van der Waals surface area contributed by atoms with Gasteiger partial charge in [-0.3, -0.25) is 9.78 Å². The quantitative estimate of drug-likeness (QED) is 0.718. The molecule has 3 aromatic rings. The second-order valence-corrected chi connectivity index (χ2v) is 6.39. The summed E-state index contributed by atoms with van der Waals surface area (Å²) in [4.78, 5) is 22.7. The van der Waals surface area contributed by atoms with Crippen molar-refractivity contribution >= 4 is 23.2 Å². The third kappa shape index (κ3) is 2.89. The molecule has 0 radical (unpaired) electrons. The zero-order valence-electron chi connectivity index (χ0n) is 13.5. The summed E-state index contributed by atoms with van der Waals surface area (Å²) in [6, 6.07) is 9.24. The van der Waals surface area contributed by atoms with Crippen molar-refractivity contribution in [3.63, 3.8) is 0 Å². The molecule has 0 aliphatic carbocycles. The van der Waals surface area contributed by atoms with Gasteiger partial charge in [-0.2, -0.15) is 4.98 Å². The summed E-state index contributed by atoms with van der Waals surface area (Å²) in [6.45, 7) is 2.40. The van der Waals surface area contributed by atoms with Crippen molar-refractivity contribution in [2.75, 3.05) is 11.4 Å². The molecule has 0 spiro atoms. The van der Waals surface area contributed by atoms with Crippen LogP contribution >= 0.6 is 11.6 Å². The van der Waals surface area contributed by atoms with Crippen molar-refractivity contribution in [1.29, 1.82) is 0 Å². The highest BCUT2D eigenvalue weighted by Gasteiger charge is 2.35. The molecule has 1 atom stereocenters. The van der Waals surface area contributed by atoms with Crippen LogP contribution in [0.2, 0.25) is 5.02 Å². The Hall–Kier alpha value is -2.73. The summed E-state index contributed by atoms with van der Waals surface area (Å²) >= 11 is 6.18. The van der Waals surface area contributed by atoms with Crippen LogP contribution in [0.25, 0.3) is 11.4 Å². The highest BCUT2D eigenvalue weighted by atomic mass is 35.5. The largest absolute Gasteiger partial charge is 0.339 e. The number of benzene rings is 1. The van der Waals surface area contributed by atoms with E-state index in [1.807, 2.05) is 37.3 Å². The van der Waals surface area contributed by atoms with Gasteiger partial charge in [0.1, 0.15) is 0 Å². The molecule has 3 heterocycles. The molecule has 1 saturated heterocycles. The van der Waals surface area contributed by atoms with Gasteiger partial charge in [0.2, 0.25) is 17.6 Å². The van der Waals surface area contributed by atoms with E-state index in [1.165, 1.54) is 0 Å². The molecule has 25 heavy (non-hydrogen) atoms. The van der Waals surface area contributed by atoms with Gasteiger partial charge in [0.05, 0.1) is 5.92 Å². The van der Waals surface area contributed by atoms with Crippen LogP contribution in [0, 0.1) is 6.92 Å². The van der Waals surface area contributed by atoms with Crippen LogP contribution in [-0.2, 0) is 4.79 Å². The molecule has 1 unspecified atom stereocenters. The Balaban J connectivity index is 1.59. The first kappa shape index (κ1) is 15.8. The van der Waals surface area contributed by atoms with Crippen molar-refractivity contribution in [2.24, 2.45) is 0 Å². The van der Waals surface area contributed by atoms with Crippen LogP contribution in [-0.4, -0.2) is 27.6 Å². The van der Waals surface area contributed by atoms with Gasteiger partial charge >= 0.3 is 0 Å². The van der Waals surface area contributed by atoms with Crippen LogP contribution in [0.5, 0.6) is 0 Å². The van der Waals surface area contributed by atoms with Gasteiger partial charge in [-0.25, -0.2) is 0 Å². The Morgan fingerprint density at radius 2 is 2.16 bits per heavy atom. The van der Waals surface area contributed by atoms with Crippen LogP contribution in [0.1, 0.15) is 23.8 Å². The van der Waals surface area contributed by atoms with E-state index in [-0.39, 0.29) is 11.8 Å². The van der Waals surface area contributed by atoms with Gasteiger partial charge in [-0.1, -0.05) is 22.8 Å². The van der Waals surface area contributed by atoms with Crippen molar-refractivity contribution in [1.82, 2.24) is 15.1 Å². The predicted octanol–water partition coefficient (Wildman–Crippen LogP) is 3.61. The van der Waals surface area contributed by atoms with Crippen LogP contribution < -0.4 is 4.90 Å². The van der Waals surface area contributed by atoms with E-state index in [0.29, 0.717) is 29.7 Å². The summed E-state index contributed by atoms with van der Waals surface area (Å²) in [5.74, 6) is 0.836. The highest BCUT2D eigenvalue weighted by Crippen LogP contribution is 2.35. The van der Waals surface area contributed by atoms with Gasteiger partial charge in [-0.05, 0) is 36.8 Å². The number of hydrogen-bond acceptors (Lipinski definition) is 5. The monoisotopic (exact) mass is 354 g/mol. The number of aromatic nitrogens is 3. The topological polar surface area (TPSA) is 72.1 Å². The lowest BCUT2D eigenvalue weighted by molar-refractivity contribution is -0.117. The molecule has 1 aliphatic rings. The SMILES string of the molecule is Cc1c(Cl)cccc1N1CC(c2nc(-c3cccnc3)no2)CC1=O. The number of amides is 1. The molecule has 6 nitrogen and oxygen atoms in total. The van der Waals surface area contributed by atoms with Crippen molar-refractivity contribution in [3.8, 4) is 11.4 Å². The molecule has 0 saturated carbocycles. The Bertz CT molecular complexity index is 926. The molecule has 0 bridgehead atoms. The number of carbonyl (C=O) groups excluding carboxylic acids is 1. The molecule has 0 N–H and O–H groups in total. The fourth-order valence-corrected chi connectivity index (χ4v) is 3.18. The number of carbonyl (C=O) groups is 1. The number of hydrogen-bond donors (Lipinski definition) is 0. The van der Waals surface area contributed by atoms with E-state index in [0.717, 1.165) is 16.8 Å². The molecule has 4 rings (SSSR count). The lowest BCUT2D eigenvalue weighted by Gasteiger charge is -2.19. The maximum atomic E-state index is 12.5. The molecule has 1 aliphatic heterocycles. The van der Waals surface area contributed by atoms with Crippen LogP contribution in [0.15, 0.2) is 47.2 Å². The molecule has 1 fully saturated rings. The summed E-state index contributed by atoms with van der Waals surface area (Å²) in [6.07, 6.45) is 3.70. The average Bonchev–Trinajstić information content (AvgIpc) is 3.25. The third-order valence-corrected chi connectivity index (χ3v) is 4.78. The van der Waals surface area contributed by atoms with Crippen molar-refractivity contribution in [2.45, 2.75) is 19.3 Å². The van der Waals surface area contributed by atoms with Crippen molar-refractivity contribution in [3.05, 3.63) is 59.2 Å². The molecule has 126 valence electrons. The second kappa shape index (κ2) is 6.29. The van der Waals surface area contributed by atoms with E-state index in [9.17, 15) is 4.79 Å². The number of pyridine rings is 1. The second-order valence-electron chi connectivity index (χ2n) is 5.99. The molecule has 2 aromatic heterocycles. The lowest BCUT2D eigenvalue weighted by Crippen LogP contribution is -2.25. The molecule has 7 heteroatoms. The molecular weight excluding hydrogens is 340 g/mol. The number of nitrogens with zero attached hydrogens (tertiary/aromatic N) is 4. The lowest BCUT2D eigenvalue weighted by atomic mass is 10.1. The minimum absolute atomic E-state index is 0.0245. The number of halogens is 1. The number of rotatable bonds is 3. The molecule has 1 amide bonds. The molecule has 1 aromatic carbocycles. The summed E-state index contributed by atoms with van der Waals surface area (Å²) in [5.41, 5.74) is 2.50. The van der Waals surface area contributed by atoms with Gasteiger partial charge in [0.15, 0.2) is 0 Å². The van der Waals surface area contributed by atoms with E-state index >= 15 is 0 Å². The zero-order chi connectivity index (χ0) is 17.4. The van der Waals surface area contributed by atoms with E-state index in [4.69, 9.17) is 16.1 Å². The minimum Gasteiger partial charge on any atom is -0.339 e. The summed E-state index contributed by atoms with van der Waals surface area (Å²) < 4.78 is 5.40. The fraction of sp³-hybridized carbons (Fsp3) is 0.222. The Morgan fingerprint density at radius 1 is 1.28 bits per heavy atom. The van der Waals surface area contributed by atoms with Crippen LogP contribution in [0.3, 0.4) is 0 Å². The van der Waals surface area contributed by atoms with Gasteiger partial charge in [0.25, 0.3) is 0 Å². The number of anilines is 1. The molecular formula is C18H15ClN4O2. The maximum Gasteiger partial charge on any atom is 0.232 e. The highest BCUT2D eigenvalue weighted by molar-refractivity contribution is 6.31. The first-order chi connectivity index (χ1) is 12.1. The first-order valence-electron chi connectivity index (χ1n) is 7.93. The Kier molecular flexibility index (Phi) is 3.97. The minimum atomic E-state index is -0.135. The average molecular weight is 355 g/mol. The Morgan fingerprint density at radius 3 is 2.96 bits per heavy atom. The van der Waals surface area contributed by atoms with E-state index < -0.39 is 0 Å². The third-order valence-electron chi connectivity index (χ3n) is 4.37. The predicted molar refractivity (Wildman–Crippen MR) is 93.4 cm³/mol. The smallest absolute Gasteiger partial charge is 0.232 e. The standard InChI is InChI=1S/C18H15ClN4O2/c1-11-14(19)5-2-6-15(11)23-10-13(8-16(23)24)18-21-17(22-25-18)12-4-3-7-20-9-12/h2-7,9,13H,8,10H2,1H3. The zero-order valence-corrected chi connectivity index (χ0v) is 14.3. The van der Waals surface area contributed by atoms with Gasteiger partial charge in [-0.15, -0.1) is 0 Å². The normalized spacial score (nSPS) is 17.3. The summed E-state index contributed by atoms with van der Waals surface area (Å²) in [5, 5.41) is 4.65. The van der Waals surface area contributed by atoms with Gasteiger partial charge < -0.3 is 9.42 Å². The van der Waals surface area contributed by atoms with E-state index in [2.05, 4.69) is 15.1 Å². The van der Waals surface area contributed by atoms with Crippen LogP contribution in [0.4, 0.5) is 5.69 Å². The fourth-order valence-electron chi connectivity index (χ4n) is 3.01.